The molecule has 30 heavy (non-hydrogen) atoms. The number of carboxylic acid groups (broad SMARTS) is 1. The molecule has 1 amide bonds. The minimum absolute atomic E-state index is 0.0823. The largest absolute Gasteiger partial charge is 0.497 e. The van der Waals surface area contributed by atoms with E-state index in [4.69, 9.17) is 16.3 Å². The predicted octanol–water partition coefficient (Wildman–Crippen LogP) is 3.20. The van der Waals surface area contributed by atoms with Crippen molar-refractivity contribution in [2.45, 2.75) is 6.42 Å². The van der Waals surface area contributed by atoms with Gasteiger partial charge in [0.25, 0.3) is 0 Å². The standard InChI is InChI=1S/C22H26ClN3O4/c1-30-20-7-3-5-18(14-20)24-21(27)12-16(22(28)29)15-25-8-10-26(11-9-25)19-6-2-4-17(23)13-19/h2-7,13-14,16H,8-12,15H2,1H3,(H,24,27)(H,28,29)/t16-/m0/s1. The summed E-state index contributed by atoms with van der Waals surface area (Å²) in [4.78, 5) is 28.4. The highest BCUT2D eigenvalue weighted by Gasteiger charge is 2.26. The Labute approximate surface area is 181 Å². The number of hydrogen-bond acceptors (Lipinski definition) is 5. The number of rotatable bonds is 8. The van der Waals surface area contributed by atoms with Crippen LogP contribution in [0.5, 0.6) is 5.75 Å². The molecular weight excluding hydrogens is 406 g/mol. The average Bonchev–Trinajstić information content (AvgIpc) is 2.74. The first-order chi connectivity index (χ1) is 14.4. The lowest BCUT2D eigenvalue weighted by Crippen LogP contribution is -2.48. The number of carbonyl (C=O) groups is 2. The summed E-state index contributed by atoms with van der Waals surface area (Å²) in [5.41, 5.74) is 1.65. The van der Waals surface area contributed by atoms with Gasteiger partial charge in [-0.05, 0) is 30.3 Å². The number of methoxy groups -OCH3 is 1. The molecule has 1 heterocycles. The average molecular weight is 432 g/mol. The smallest absolute Gasteiger partial charge is 0.308 e. The summed E-state index contributed by atoms with van der Waals surface area (Å²) in [5, 5.41) is 13.1. The number of nitrogens with one attached hydrogen (secondary N) is 1. The maximum Gasteiger partial charge on any atom is 0.308 e. The Kier molecular flexibility index (Phi) is 7.54. The zero-order valence-electron chi connectivity index (χ0n) is 16.9. The molecule has 0 saturated carbocycles. The predicted molar refractivity (Wildman–Crippen MR) is 117 cm³/mol. The van der Waals surface area contributed by atoms with Gasteiger partial charge in [-0.1, -0.05) is 23.7 Å². The van der Waals surface area contributed by atoms with Gasteiger partial charge in [-0.3, -0.25) is 14.5 Å². The second-order valence-electron chi connectivity index (χ2n) is 7.29. The van der Waals surface area contributed by atoms with E-state index in [1.807, 2.05) is 24.3 Å². The van der Waals surface area contributed by atoms with Gasteiger partial charge in [0, 0.05) is 61.6 Å². The number of anilines is 2. The van der Waals surface area contributed by atoms with Crippen molar-refractivity contribution in [3.05, 3.63) is 53.6 Å². The molecule has 1 saturated heterocycles. The summed E-state index contributed by atoms with van der Waals surface area (Å²) >= 11 is 6.07. The normalized spacial score (nSPS) is 15.5. The molecule has 2 aromatic carbocycles. The van der Waals surface area contributed by atoms with Crippen molar-refractivity contribution in [1.29, 1.82) is 0 Å². The topological polar surface area (TPSA) is 82.1 Å². The van der Waals surface area contributed by atoms with Gasteiger partial charge >= 0.3 is 5.97 Å². The van der Waals surface area contributed by atoms with Crippen molar-refractivity contribution < 1.29 is 19.4 Å². The highest BCUT2D eigenvalue weighted by atomic mass is 35.5. The van der Waals surface area contributed by atoms with Crippen LogP contribution in [0, 0.1) is 5.92 Å². The molecule has 0 aromatic heterocycles. The fraction of sp³-hybridized carbons (Fsp3) is 0.364. The Morgan fingerprint density at radius 3 is 2.53 bits per heavy atom. The minimum atomic E-state index is -0.965. The third-order valence-electron chi connectivity index (χ3n) is 5.16. The lowest BCUT2D eigenvalue weighted by molar-refractivity contribution is -0.144. The highest BCUT2D eigenvalue weighted by Crippen LogP contribution is 2.22. The van der Waals surface area contributed by atoms with Crippen molar-refractivity contribution in [3.63, 3.8) is 0 Å². The van der Waals surface area contributed by atoms with E-state index in [9.17, 15) is 14.7 Å². The van der Waals surface area contributed by atoms with Crippen LogP contribution in [0.1, 0.15) is 6.42 Å². The number of piperazine rings is 1. The van der Waals surface area contributed by atoms with E-state index >= 15 is 0 Å². The van der Waals surface area contributed by atoms with Gasteiger partial charge in [-0.2, -0.15) is 0 Å². The van der Waals surface area contributed by atoms with Gasteiger partial charge in [-0.25, -0.2) is 0 Å². The number of aliphatic carboxylic acids is 1. The second kappa shape index (κ2) is 10.3. The zero-order chi connectivity index (χ0) is 21.5. The summed E-state index contributed by atoms with van der Waals surface area (Å²) in [6.07, 6.45) is -0.0823. The lowest BCUT2D eigenvalue weighted by atomic mass is 10.0. The van der Waals surface area contributed by atoms with Crippen molar-refractivity contribution >= 4 is 34.9 Å². The quantitative estimate of drug-likeness (QED) is 0.668. The first-order valence-electron chi connectivity index (χ1n) is 9.84. The van der Waals surface area contributed by atoms with E-state index in [1.165, 1.54) is 0 Å². The molecule has 0 unspecified atom stereocenters. The number of carboxylic acids is 1. The Morgan fingerprint density at radius 2 is 1.87 bits per heavy atom. The first-order valence-corrected chi connectivity index (χ1v) is 10.2. The van der Waals surface area contributed by atoms with Crippen LogP contribution in [0.4, 0.5) is 11.4 Å². The lowest BCUT2D eigenvalue weighted by Gasteiger charge is -2.37. The number of amides is 1. The van der Waals surface area contributed by atoms with Crippen LogP contribution < -0.4 is 15.0 Å². The molecule has 2 aromatic rings. The Bertz CT molecular complexity index is 884. The van der Waals surface area contributed by atoms with Crippen LogP contribution in [0.15, 0.2) is 48.5 Å². The number of halogens is 1. The molecule has 0 bridgehead atoms. The fourth-order valence-electron chi connectivity index (χ4n) is 3.54. The van der Waals surface area contributed by atoms with Crippen LogP contribution in [0.3, 0.4) is 0 Å². The SMILES string of the molecule is COc1cccc(NC(=O)C[C@@H](CN2CCN(c3cccc(Cl)c3)CC2)C(=O)O)c1. The molecular formula is C22H26ClN3O4. The summed E-state index contributed by atoms with van der Waals surface area (Å²) in [5.74, 6) is -1.44. The van der Waals surface area contributed by atoms with Crippen molar-refractivity contribution in [2.24, 2.45) is 5.92 Å². The molecule has 0 spiro atoms. The molecule has 0 aliphatic carbocycles. The Morgan fingerprint density at radius 1 is 1.13 bits per heavy atom. The summed E-state index contributed by atoms with van der Waals surface area (Å²) in [6, 6.07) is 14.7. The first kappa shape index (κ1) is 21.9. The highest BCUT2D eigenvalue weighted by molar-refractivity contribution is 6.30. The minimum Gasteiger partial charge on any atom is -0.497 e. The maximum absolute atomic E-state index is 12.4. The number of carbonyl (C=O) groups excluding carboxylic acids is 1. The van der Waals surface area contributed by atoms with Gasteiger partial charge in [-0.15, -0.1) is 0 Å². The maximum atomic E-state index is 12.4. The van der Waals surface area contributed by atoms with Crippen LogP contribution in [0.2, 0.25) is 5.02 Å². The molecule has 1 fully saturated rings. The number of hydrogen-bond donors (Lipinski definition) is 2. The van der Waals surface area contributed by atoms with Crippen LogP contribution in [-0.2, 0) is 9.59 Å². The number of ether oxygens (including phenoxy) is 1. The second-order valence-corrected chi connectivity index (χ2v) is 7.72. The summed E-state index contributed by atoms with van der Waals surface area (Å²) < 4.78 is 5.14. The van der Waals surface area contributed by atoms with Crippen molar-refractivity contribution in [3.8, 4) is 5.75 Å². The molecule has 1 aliphatic rings. The monoisotopic (exact) mass is 431 g/mol. The van der Waals surface area contributed by atoms with Crippen LogP contribution in [0.25, 0.3) is 0 Å². The van der Waals surface area contributed by atoms with Crippen molar-refractivity contribution in [1.82, 2.24) is 4.90 Å². The van der Waals surface area contributed by atoms with E-state index in [1.54, 1.807) is 31.4 Å². The molecule has 160 valence electrons. The third kappa shape index (κ3) is 6.11. The molecule has 0 radical (unpaired) electrons. The molecule has 1 atom stereocenters. The summed E-state index contributed by atoms with van der Waals surface area (Å²) in [7, 11) is 1.55. The third-order valence-corrected chi connectivity index (χ3v) is 5.39. The molecule has 3 rings (SSSR count). The van der Waals surface area contributed by atoms with Crippen molar-refractivity contribution in [2.75, 3.05) is 50.1 Å². The molecule has 8 heteroatoms. The molecule has 2 N–H and O–H groups in total. The van der Waals surface area contributed by atoms with Crippen LogP contribution >= 0.6 is 11.6 Å². The van der Waals surface area contributed by atoms with E-state index in [2.05, 4.69) is 15.1 Å². The summed E-state index contributed by atoms with van der Waals surface area (Å²) in [6.45, 7) is 3.36. The van der Waals surface area contributed by atoms with E-state index in [-0.39, 0.29) is 12.3 Å². The Balaban J connectivity index is 1.52. The van der Waals surface area contributed by atoms with Gasteiger partial charge in [0.15, 0.2) is 0 Å². The number of nitrogens with zero attached hydrogens (tertiary/aromatic N) is 2. The van der Waals surface area contributed by atoms with Crippen LogP contribution in [-0.4, -0.2) is 61.7 Å². The van der Waals surface area contributed by atoms with Gasteiger partial charge < -0.3 is 20.1 Å². The van der Waals surface area contributed by atoms with Gasteiger partial charge in [0.05, 0.1) is 13.0 Å². The molecule has 7 nitrogen and oxygen atoms in total. The fourth-order valence-corrected chi connectivity index (χ4v) is 3.72. The van der Waals surface area contributed by atoms with E-state index in [0.717, 1.165) is 31.9 Å². The van der Waals surface area contributed by atoms with E-state index < -0.39 is 11.9 Å². The Hall–Kier alpha value is -2.77. The van der Waals surface area contributed by atoms with Gasteiger partial charge in [0.1, 0.15) is 5.75 Å². The number of benzene rings is 2. The zero-order valence-corrected chi connectivity index (χ0v) is 17.6. The van der Waals surface area contributed by atoms with E-state index in [0.29, 0.717) is 23.0 Å². The molecule has 1 aliphatic heterocycles. The van der Waals surface area contributed by atoms with Gasteiger partial charge in [0.2, 0.25) is 5.91 Å².